The number of imidazole rings is 1. The van der Waals surface area contributed by atoms with E-state index in [1.54, 1.807) is 12.3 Å². The van der Waals surface area contributed by atoms with Gasteiger partial charge in [0.25, 0.3) is 0 Å². The van der Waals surface area contributed by atoms with Crippen molar-refractivity contribution in [2.24, 2.45) is 0 Å². The molecule has 0 aromatic carbocycles. The first-order valence-corrected chi connectivity index (χ1v) is 7.10. The van der Waals surface area contributed by atoms with E-state index < -0.39 is 0 Å². The number of nitrogens with one attached hydrogen (secondary N) is 2. The lowest BCUT2D eigenvalue weighted by Crippen LogP contribution is -2.40. The molecule has 0 atom stereocenters. The Morgan fingerprint density at radius 3 is 2.90 bits per heavy atom. The molecular weight excluding hydrogens is 296 g/mol. The van der Waals surface area contributed by atoms with E-state index in [9.17, 15) is 4.79 Å². The van der Waals surface area contributed by atoms with Crippen LogP contribution in [-0.2, 0) is 11.3 Å². The van der Waals surface area contributed by atoms with Crippen molar-refractivity contribution >= 4 is 40.9 Å². The van der Waals surface area contributed by atoms with E-state index >= 15 is 0 Å². The Balaban J connectivity index is 2.16. The van der Waals surface area contributed by atoms with Gasteiger partial charge in [-0.3, -0.25) is 4.79 Å². The molecule has 20 heavy (non-hydrogen) atoms. The van der Waals surface area contributed by atoms with Gasteiger partial charge in [-0.2, -0.15) is 0 Å². The number of H-pyrrole nitrogens is 1. The number of fused-ring (bicyclic) bond motifs is 1. The Kier molecular flexibility index (Phi) is 4.15. The molecule has 0 bridgehead atoms. The second-order valence-electron chi connectivity index (χ2n) is 5.65. The molecule has 0 spiro atoms. The molecule has 0 saturated heterocycles. The van der Waals surface area contributed by atoms with Crippen LogP contribution in [0.25, 0.3) is 11.2 Å². The summed E-state index contributed by atoms with van der Waals surface area (Å²) in [5.41, 5.74) is 1.26. The number of carbonyl (C=O) groups is 1. The highest BCUT2D eigenvalue weighted by Crippen LogP contribution is 2.16. The minimum Gasteiger partial charge on any atom is -0.351 e. The number of aryl methyl sites for hydroxylation is 1. The zero-order valence-electron chi connectivity index (χ0n) is 11.7. The highest BCUT2D eigenvalue weighted by atomic mass is 35.5. The van der Waals surface area contributed by atoms with Crippen molar-refractivity contribution in [3.63, 3.8) is 0 Å². The normalized spacial score (nSPS) is 11.8. The SMILES string of the molecule is CC(C)(C)NC(=O)CCn1c(=S)[nH]c2cc(Cl)cnc21. The predicted molar refractivity (Wildman–Crippen MR) is 82.4 cm³/mol. The van der Waals surface area contributed by atoms with Gasteiger partial charge < -0.3 is 14.9 Å². The Labute approximate surface area is 127 Å². The summed E-state index contributed by atoms with van der Waals surface area (Å²) in [4.78, 5) is 19.1. The highest BCUT2D eigenvalue weighted by molar-refractivity contribution is 7.71. The van der Waals surface area contributed by atoms with Crippen molar-refractivity contribution in [2.45, 2.75) is 39.3 Å². The standard InChI is InChI=1S/C13H17ClN4OS/c1-13(2,3)17-10(19)4-5-18-11-9(16-12(18)20)6-8(14)7-15-11/h6-7H,4-5H2,1-3H3,(H,16,20)(H,17,19). The first kappa shape index (κ1) is 15.0. The molecule has 0 saturated carbocycles. The smallest absolute Gasteiger partial charge is 0.222 e. The molecule has 2 aromatic heterocycles. The van der Waals surface area contributed by atoms with Gasteiger partial charge >= 0.3 is 0 Å². The van der Waals surface area contributed by atoms with Crippen LogP contribution in [0.4, 0.5) is 0 Å². The number of pyridine rings is 1. The summed E-state index contributed by atoms with van der Waals surface area (Å²) < 4.78 is 2.35. The van der Waals surface area contributed by atoms with Crippen molar-refractivity contribution in [1.29, 1.82) is 0 Å². The summed E-state index contributed by atoms with van der Waals surface area (Å²) in [5.74, 6) is -0.0114. The molecule has 0 unspecified atom stereocenters. The molecule has 0 aliphatic rings. The molecule has 1 amide bonds. The molecule has 7 heteroatoms. The summed E-state index contributed by atoms with van der Waals surface area (Å²) in [5, 5.41) is 3.47. The molecule has 2 aromatic rings. The van der Waals surface area contributed by atoms with E-state index in [0.29, 0.717) is 28.4 Å². The summed E-state index contributed by atoms with van der Waals surface area (Å²) in [6.45, 7) is 6.33. The van der Waals surface area contributed by atoms with Gasteiger partial charge in [0.05, 0.1) is 10.5 Å². The maximum atomic E-state index is 11.8. The Morgan fingerprint density at radius 2 is 2.25 bits per heavy atom. The predicted octanol–water partition coefficient (Wildman–Crippen LogP) is 3.05. The first-order valence-electron chi connectivity index (χ1n) is 6.31. The van der Waals surface area contributed by atoms with Gasteiger partial charge in [-0.25, -0.2) is 4.98 Å². The molecule has 5 nitrogen and oxygen atoms in total. The van der Waals surface area contributed by atoms with Gasteiger partial charge in [-0.05, 0) is 39.1 Å². The Morgan fingerprint density at radius 1 is 1.55 bits per heavy atom. The highest BCUT2D eigenvalue weighted by Gasteiger charge is 2.14. The van der Waals surface area contributed by atoms with Crippen LogP contribution in [0.2, 0.25) is 5.02 Å². The summed E-state index contributed by atoms with van der Waals surface area (Å²) in [6.07, 6.45) is 1.92. The number of carbonyl (C=O) groups excluding carboxylic acids is 1. The van der Waals surface area contributed by atoms with Crippen molar-refractivity contribution in [3.8, 4) is 0 Å². The van der Waals surface area contributed by atoms with E-state index in [0.717, 1.165) is 5.52 Å². The monoisotopic (exact) mass is 312 g/mol. The third-order valence-corrected chi connectivity index (χ3v) is 3.18. The third kappa shape index (κ3) is 3.58. The van der Waals surface area contributed by atoms with E-state index in [2.05, 4.69) is 15.3 Å². The lowest BCUT2D eigenvalue weighted by molar-refractivity contribution is -0.122. The van der Waals surface area contributed by atoms with Crippen LogP contribution in [0.5, 0.6) is 0 Å². The maximum Gasteiger partial charge on any atom is 0.222 e. The fourth-order valence-electron chi connectivity index (χ4n) is 1.92. The van der Waals surface area contributed by atoms with Crippen LogP contribution in [-0.4, -0.2) is 26.0 Å². The molecule has 0 aliphatic heterocycles. The van der Waals surface area contributed by atoms with Crippen LogP contribution >= 0.6 is 23.8 Å². The number of rotatable bonds is 3. The fraction of sp³-hybridized carbons (Fsp3) is 0.462. The van der Waals surface area contributed by atoms with Crippen molar-refractivity contribution in [2.75, 3.05) is 0 Å². The quantitative estimate of drug-likeness (QED) is 0.856. The van der Waals surface area contributed by atoms with Gasteiger partial charge in [0.1, 0.15) is 0 Å². The van der Waals surface area contributed by atoms with Gasteiger partial charge in [0, 0.05) is 24.7 Å². The number of halogens is 1. The van der Waals surface area contributed by atoms with Crippen LogP contribution in [0.1, 0.15) is 27.2 Å². The minimum absolute atomic E-state index is 0.0114. The molecule has 108 valence electrons. The van der Waals surface area contributed by atoms with Crippen molar-refractivity contribution in [3.05, 3.63) is 22.1 Å². The number of aromatic nitrogens is 3. The zero-order chi connectivity index (χ0) is 14.9. The number of hydrogen-bond donors (Lipinski definition) is 2. The molecule has 2 rings (SSSR count). The fourth-order valence-corrected chi connectivity index (χ4v) is 2.37. The molecule has 2 heterocycles. The molecule has 0 aliphatic carbocycles. The number of aromatic amines is 1. The van der Waals surface area contributed by atoms with E-state index in [1.165, 1.54) is 0 Å². The van der Waals surface area contributed by atoms with Crippen molar-refractivity contribution in [1.82, 2.24) is 19.9 Å². The Hall–Kier alpha value is -1.40. The molecule has 2 N–H and O–H groups in total. The van der Waals surface area contributed by atoms with Crippen LogP contribution in [0.15, 0.2) is 12.3 Å². The van der Waals surface area contributed by atoms with Crippen LogP contribution < -0.4 is 5.32 Å². The second-order valence-corrected chi connectivity index (χ2v) is 6.48. The largest absolute Gasteiger partial charge is 0.351 e. The maximum absolute atomic E-state index is 11.8. The summed E-state index contributed by atoms with van der Waals surface area (Å²) in [6, 6.07) is 1.77. The van der Waals surface area contributed by atoms with E-state index in [4.69, 9.17) is 23.8 Å². The average molecular weight is 313 g/mol. The van der Waals surface area contributed by atoms with Gasteiger partial charge in [-0.15, -0.1) is 0 Å². The van der Waals surface area contributed by atoms with Crippen LogP contribution in [0, 0.1) is 4.77 Å². The van der Waals surface area contributed by atoms with Gasteiger partial charge in [0.15, 0.2) is 10.4 Å². The van der Waals surface area contributed by atoms with Gasteiger partial charge in [-0.1, -0.05) is 11.6 Å². The number of nitrogens with zero attached hydrogens (tertiary/aromatic N) is 2. The molecule has 0 fully saturated rings. The van der Waals surface area contributed by atoms with Crippen molar-refractivity contribution < 1.29 is 4.79 Å². The van der Waals surface area contributed by atoms with E-state index in [-0.39, 0.29) is 11.4 Å². The Bertz CT molecular complexity index is 698. The summed E-state index contributed by atoms with van der Waals surface area (Å²) in [7, 11) is 0. The first-order chi connectivity index (χ1) is 9.26. The third-order valence-electron chi connectivity index (χ3n) is 2.65. The van der Waals surface area contributed by atoms with Crippen LogP contribution in [0.3, 0.4) is 0 Å². The summed E-state index contributed by atoms with van der Waals surface area (Å²) >= 11 is 11.1. The molecular formula is C13H17ClN4OS. The van der Waals surface area contributed by atoms with Gasteiger partial charge in [0.2, 0.25) is 5.91 Å². The topological polar surface area (TPSA) is 62.7 Å². The lowest BCUT2D eigenvalue weighted by Gasteiger charge is -2.20. The van der Waals surface area contributed by atoms with E-state index in [1.807, 2.05) is 25.3 Å². The zero-order valence-corrected chi connectivity index (χ0v) is 13.2. The number of amides is 1. The molecule has 0 radical (unpaired) electrons. The lowest BCUT2D eigenvalue weighted by atomic mass is 10.1. The second kappa shape index (κ2) is 5.54. The number of hydrogen-bond acceptors (Lipinski definition) is 3. The minimum atomic E-state index is -0.232. The average Bonchev–Trinajstić information content (AvgIpc) is 2.59.